The third-order valence-electron chi connectivity index (χ3n) is 5.18. The summed E-state index contributed by atoms with van der Waals surface area (Å²) in [6, 6.07) is 1.04. The molecule has 1 saturated heterocycles. The van der Waals surface area contributed by atoms with Crippen LogP contribution in [0.2, 0.25) is 0 Å². The minimum atomic E-state index is -3.04. The van der Waals surface area contributed by atoms with Crippen LogP contribution in [0.1, 0.15) is 40.0 Å². The van der Waals surface area contributed by atoms with E-state index in [2.05, 4.69) is 31.0 Å². The number of hydrogen-bond donors (Lipinski definition) is 1. The first kappa shape index (κ1) is 17.2. The lowest BCUT2D eigenvalue weighted by molar-refractivity contribution is 0.0319. The van der Waals surface area contributed by atoms with Crippen LogP contribution >= 0.6 is 0 Å². The summed E-state index contributed by atoms with van der Waals surface area (Å²) in [6.45, 7) is 10.9. The molecule has 1 aliphatic heterocycles. The summed E-state index contributed by atoms with van der Waals surface area (Å²) in [5.41, 5.74) is 0.312. The van der Waals surface area contributed by atoms with Crippen LogP contribution in [0.4, 0.5) is 0 Å². The molecule has 2 fully saturated rings. The molecule has 1 aliphatic carbocycles. The van der Waals surface area contributed by atoms with Crippen LogP contribution in [0.3, 0.4) is 0 Å². The lowest BCUT2D eigenvalue weighted by Crippen LogP contribution is -2.62. The highest BCUT2D eigenvalue weighted by atomic mass is 32.2. The normalized spacial score (nSPS) is 32.2. The molecule has 1 N–H and O–H groups in total. The predicted octanol–water partition coefficient (Wildman–Crippen LogP) is 1.12. The second kappa shape index (κ2) is 6.52. The van der Waals surface area contributed by atoms with Crippen LogP contribution < -0.4 is 5.32 Å². The number of likely N-dealkylation sites (N-methyl/N-ethyl adjacent to an activating group) is 1. The fourth-order valence-corrected chi connectivity index (χ4v) is 4.83. The molecule has 124 valence electrons. The van der Waals surface area contributed by atoms with Crippen molar-refractivity contribution in [1.29, 1.82) is 0 Å². The van der Waals surface area contributed by atoms with Crippen LogP contribution in [0, 0.1) is 5.41 Å². The van der Waals surface area contributed by atoms with Gasteiger partial charge in [-0.15, -0.1) is 0 Å². The summed E-state index contributed by atoms with van der Waals surface area (Å²) in [5.74, 6) is 0. The van der Waals surface area contributed by atoms with E-state index in [0.29, 0.717) is 30.6 Å². The minimum Gasteiger partial charge on any atom is -0.312 e. The zero-order chi connectivity index (χ0) is 15.7. The van der Waals surface area contributed by atoms with E-state index in [0.717, 1.165) is 19.6 Å². The molecule has 0 aromatic carbocycles. The first-order valence-corrected chi connectivity index (χ1v) is 10.0. The lowest BCUT2D eigenvalue weighted by Gasteiger charge is -2.50. The molecule has 0 aromatic rings. The van der Waals surface area contributed by atoms with Gasteiger partial charge in [0.25, 0.3) is 0 Å². The fourth-order valence-electron chi connectivity index (χ4n) is 4.00. The Morgan fingerprint density at radius 1 is 1.19 bits per heavy atom. The average Bonchev–Trinajstić information content (AvgIpc) is 2.40. The number of sulfonamides is 1. The Balaban J connectivity index is 2.04. The second-order valence-corrected chi connectivity index (χ2v) is 9.16. The fraction of sp³-hybridized carbons (Fsp3) is 1.00. The van der Waals surface area contributed by atoms with Crippen molar-refractivity contribution in [2.45, 2.75) is 52.1 Å². The molecule has 1 heterocycles. The lowest BCUT2D eigenvalue weighted by atomic mass is 9.70. The number of piperazine rings is 1. The highest BCUT2D eigenvalue weighted by Crippen LogP contribution is 2.38. The third kappa shape index (κ3) is 3.97. The van der Waals surface area contributed by atoms with Crippen molar-refractivity contribution in [3.8, 4) is 0 Å². The molecule has 2 atom stereocenters. The van der Waals surface area contributed by atoms with E-state index in [1.165, 1.54) is 25.5 Å². The van der Waals surface area contributed by atoms with Gasteiger partial charge < -0.3 is 5.32 Å². The summed E-state index contributed by atoms with van der Waals surface area (Å²) in [7, 11) is -3.04. The summed E-state index contributed by atoms with van der Waals surface area (Å²) in [4.78, 5) is 2.51. The van der Waals surface area contributed by atoms with Crippen molar-refractivity contribution in [3.05, 3.63) is 0 Å². The molecule has 5 nitrogen and oxygen atoms in total. The Labute approximate surface area is 130 Å². The monoisotopic (exact) mass is 317 g/mol. The van der Waals surface area contributed by atoms with E-state index in [9.17, 15) is 8.42 Å². The van der Waals surface area contributed by atoms with Gasteiger partial charge in [0.2, 0.25) is 10.0 Å². The average molecular weight is 317 g/mol. The molecule has 0 amide bonds. The summed E-state index contributed by atoms with van der Waals surface area (Å²) >= 11 is 0. The van der Waals surface area contributed by atoms with Crippen molar-refractivity contribution in [2.75, 3.05) is 39.0 Å². The quantitative estimate of drug-likeness (QED) is 0.844. The minimum absolute atomic E-state index is 0.312. The molecule has 0 bridgehead atoms. The Hall–Kier alpha value is -0.170. The van der Waals surface area contributed by atoms with Crippen molar-refractivity contribution < 1.29 is 8.42 Å². The Morgan fingerprint density at radius 2 is 1.81 bits per heavy atom. The van der Waals surface area contributed by atoms with Crippen molar-refractivity contribution in [3.63, 3.8) is 0 Å². The summed E-state index contributed by atoms with van der Waals surface area (Å²) in [5, 5.41) is 3.69. The van der Waals surface area contributed by atoms with Gasteiger partial charge in [-0.25, -0.2) is 8.42 Å². The molecule has 2 aliphatic rings. The molecule has 1 saturated carbocycles. The van der Waals surface area contributed by atoms with Gasteiger partial charge in [0.05, 0.1) is 6.26 Å². The Morgan fingerprint density at radius 3 is 2.33 bits per heavy atom. The Bertz CT molecular complexity index is 442. The van der Waals surface area contributed by atoms with E-state index in [4.69, 9.17) is 0 Å². The SMILES string of the molecule is CCNC1C(N2CCN(S(C)(=O)=O)CC2)CCCC1(C)C. The first-order chi connectivity index (χ1) is 9.75. The van der Waals surface area contributed by atoms with Gasteiger partial charge in [-0.2, -0.15) is 4.31 Å². The molecule has 6 heteroatoms. The molecule has 21 heavy (non-hydrogen) atoms. The van der Waals surface area contributed by atoms with Gasteiger partial charge in [-0.1, -0.05) is 27.2 Å². The predicted molar refractivity (Wildman–Crippen MR) is 86.9 cm³/mol. The Kier molecular flexibility index (Phi) is 5.34. The zero-order valence-corrected chi connectivity index (χ0v) is 14.7. The van der Waals surface area contributed by atoms with Gasteiger partial charge in [0.15, 0.2) is 0 Å². The number of nitrogens with zero attached hydrogens (tertiary/aromatic N) is 2. The van der Waals surface area contributed by atoms with Gasteiger partial charge in [0.1, 0.15) is 0 Å². The standard InChI is InChI=1S/C15H31N3O2S/c1-5-16-14-13(7-6-8-15(14,2)3)17-9-11-18(12-10-17)21(4,19)20/h13-14,16H,5-12H2,1-4H3. The van der Waals surface area contributed by atoms with Crippen molar-refractivity contribution in [2.24, 2.45) is 5.41 Å². The second-order valence-electron chi connectivity index (χ2n) is 7.18. The maximum absolute atomic E-state index is 11.6. The van der Waals surface area contributed by atoms with E-state index < -0.39 is 10.0 Å². The van der Waals surface area contributed by atoms with Crippen LogP contribution in [0.25, 0.3) is 0 Å². The van der Waals surface area contributed by atoms with Crippen molar-refractivity contribution in [1.82, 2.24) is 14.5 Å². The number of nitrogens with one attached hydrogen (secondary N) is 1. The first-order valence-electron chi connectivity index (χ1n) is 8.18. The maximum atomic E-state index is 11.6. The molecule has 0 spiro atoms. The van der Waals surface area contributed by atoms with E-state index >= 15 is 0 Å². The van der Waals surface area contributed by atoms with Crippen LogP contribution in [0.5, 0.6) is 0 Å². The maximum Gasteiger partial charge on any atom is 0.211 e. The summed E-state index contributed by atoms with van der Waals surface area (Å²) in [6.07, 6.45) is 5.07. The molecule has 0 radical (unpaired) electrons. The van der Waals surface area contributed by atoms with Crippen LogP contribution in [0.15, 0.2) is 0 Å². The molecular weight excluding hydrogens is 286 g/mol. The smallest absolute Gasteiger partial charge is 0.211 e. The topological polar surface area (TPSA) is 52.6 Å². The van der Waals surface area contributed by atoms with E-state index in [1.54, 1.807) is 4.31 Å². The zero-order valence-electron chi connectivity index (χ0n) is 13.9. The van der Waals surface area contributed by atoms with Crippen LogP contribution in [-0.2, 0) is 10.0 Å². The molecular formula is C15H31N3O2S. The molecule has 2 rings (SSSR count). The van der Waals surface area contributed by atoms with Gasteiger partial charge in [-0.05, 0) is 24.8 Å². The van der Waals surface area contributed by atoms with Crippen molar-refractivity contribution >= 4 is 10.0 Å². The van der Waals surface area contributed by atoms with Gasteiger partial charge in [0, 0.05) is 38.3 Å². The van der Waals surface area contributed by atoms with Gasteiger partial charge >= 0.3 is 0 Å². The molecule has 0 aromatic heterocycles. The largest absolute Gasteiger partial charge is 0.312 e. The van der Waals surface area contributed by atoms with E-state index in [-0.39, 0.29) is 0 Å². The number of rotatable bonds is 4. The molecule has 2 unspecified atom stereocenters. The highest BCUT2D eigenvalue weighted by Gasteiger charge is 2.41. The summed E-state index contributed by atoms with van der Waals surface area (Å²) < 4.78 is 24.9. The van der Waals surface area contributed by atoms with Gasteiger partial charge in [-0.3, -0.25) is 4.90 Å². The third-order valence-corrected chi connectivity index (χ3v) is 6.49. The van der Waals surface area contributed by atoms with E-state index in [1.807, 2.05) is 0 Å². The van der Waals surface area contributed by atoms with Crippen LogP contribution in [-0.4, -0.2) is 68.7 Å². The number of hydrogen-bond acceptors (Lipinski definition) is 4. The highest BCUT2D eigenvalue weighted by molar-refractivity contribution is 7.88.